The monoisotopic (exact) mass is 260 g/mol. The Morgan fingerprint density at radius 1 is 1.26 bits per heavy atom. The Labute approximate surface area is 115 Å². The van der Waals surface area contributed by atoms with Crippen LogP contribution in [0.1, 0.15) is 24.0 Å². The zero-order chi connectivity index (χ0) is 13.1. The summed E-state index contributed by atoms with van der Waals surface area (Å²) in [5, 5.41) is 3.55. The van der Waals surface area contributed by atoms with Crippen LogP contribution in [-0.4, -0.2) is 37.7 Å². The van der Waals surface area contributed by atoms with Gasteiger partial charge in [0.25, 0.3) is 0 Å². The van der Waals surface area contributed by atoms with Crippen LogP contribution in [0.5, 0.6) is 0 Å². The van der Waals surface area contributed by atoms with Crippen LogP contribution in [0.15, 0.2) is 24.3 Å². The van der Waals surface area contributed by atoms with Crippen molar-refractivity contribution in [3.8, 4) is 0 Å². The average molecular weight is 260 g/mol. The average Bonchev–Trinajstić information content (AvgIpc) is 2.91. The van der Waals surface area contributed by atoms with Crippen LogP contribution in [0.25, 0.3) is 0 Å². The number of benzene rings is 1. The van der Waals surface area contributed by atoms with Crippen LogP contribution >= 0.6 is 0 Å². The first-order valence-corrected chi connectivity index (χ1v) is 7.39. The topological polar surface area (TPSA) is 24.5 Å². The van der Waals surface area contributed by atoms with E-state index in [9.17, 15) is 0 Å². The van der Waals surface area contributed by atoms with Crippen molar-refractivity contribution in [1.82, 2.24) is 10.2 Å². The maximum atomic E-state index is 5.31. The van der Waals surface area contributed by atoms with Gasteiger partial charge in [-0.1, -0.05) is 24.3 Å². The molecule has 0 saturated carbocycles. The van der Waals surface area contributed by atoms with E-state index in [0.29, 0.717) is 0 Å². The predicted octanol–water partition coefficient (Wildman–Crippen LogP) is 2.02. The summed E-state index contributed by atoms with van der Waals surface area (Å²) in [5.74, 6) is 0.864. The van der Waals surface area contributed by atoms with Gasteiger partial charge in [-0.3, -0.25) is 4.90 Å². The zero-order valence-electron chi connectivity index (χ0n) is 11.8. The third-order valence-corrected chi connectivity index (χ3v) is 4.59. The van der Waals surface area contributed by atoms with Gasteiger partial charge in [-0.25, -0.2) is 0 Å². The minimum Gasteiger partial charge on any atom is -0.380 e. The number of rotatable bonds is 4. The summed E-state index contributed by atoms with van der Waals surface area (Å²) in [6.07, 6.45) is 2.74. The van der Waals surface area contributed by atoms with Crippen LogP contribution in [0.2, 0.25) is 0 Å². The minimum atomic E-state index is 0.719. The number of ether oxygens (including phenoxy) is 1. The largest absolute Gasteiger partial charge is 0.380 e. The number of hydrogen-bond acceptors (Lipinski definition) is 3. The second-order valence-electron chi connectivity index (χ2n) is 5.80. The van der Waals surface area contributed by atoms with Crippen LogP contribution in [0.3, 0.4) is 0 Å². The third-order valence-electron chi connectivity index (χ3n) is 4.59. The molecule has 3 rings (SSSR count). The summed E-state index contributed by atoms with van der Waals surface area (Å²) in [6, 6.07) is 9.42. The summed E-state index contributed by atoms with van der Waals surface area (Å²) in [6.45, 7) is 5.40. The van der Waals surface area contributed by atoms with Gasteiger partial charge in [-0.2, -0.15) is 0 Å². The van der Waals surface area contributed by atoms with Gasteiger partial charge in [-0.05, 0) is 43.0 Å². The Balaban J connectivity index is 1.73. The van der Waals surface area contributed by atoms with Crippen molar-refractivity contribution in [1.29, 1.82) is 0 Å². The lowest BCUT2D eigenvalue weighted by molar-refractivity contribution is 0.116. The zero-order valence-corrected chi connectivity index (χ0v) is 11.8. The van der Waals surface area contributed by atoms with Gasteiger partial charge in [0.2, 0.25) is 0 Å². The molecule has 3 nitrogen and oxygen atoms in total. The molecule has 0 aromatic heterocycles. The molecule has 2 unspecified atom stereocenters. The van der Waals surface area contributed by atoms with Crippen molar-refractivity contribution >= 4 is 0 Å². The fourth-order valence-corrected chi connectivity index (χ4v) is 3.59. The fourth-order valence-electron chi connectivity index (χ4n) is 3.59. The first-order chi connectivity index (χ1) is 9.38. The van der Waals surface area contributed by atoms with E-state index < -0.39 is 0 Å². The lowest BCUT2D eigenvalue weighted by Crippen LogP contribution is -2.44. The van der Waals surface area contributed by atoms with E-state index in [4.69, 9.17) is 4.74 Å². The highest BCUT2D eigenvalue weighted by Gasteiger charge is 2.34. The molecule has 0 spiro atoms. The molecule has 2 heterocycles. The van der Waals surface area contributed by atoms with Gasteiger partial charge in [0, 0.05) is 26.2 Å². The summed E-state index contributed by atoms with van der Waals surface area (Å²) >= 11 is 0. The standard InChI is InChI=1S/C16H24N2O/c1-19-12-15-6-3-2-5-14(15)11-18-8-4-7-13-9-17-10-16(13)18/h2-3,5-6,13,16-17H,4,7-12H2,1H3. The fraction of sp³-hybridized carbons (Fsp3) is 0.625. The Kier molecular flexibility index (Phi) is 4.16. The number of methoxy groups -OCH3 is 1. The van der Waals surface area contributed by atoms with Crippen molar-refractivity contribution in [2.45, 2.75) is 32.0 Å². The molecular formula is C16H24N2O. The molecule has 3 heteroatoms. The van der Waals surface area contributed by atoms with Gasteiger partial charge in [0.15, 0.2) is 0 Å². The molecule has 0 bridgehead atoms. The van der Waals surface area contributed by atoms with E-state index in [1.807, 2.05) is 0 Å². The normalized spacial score (nSPS) is 27.4. The molecule has 104 valence electrons. The Hall–Kier alpha value is -0.900. The minimum absolute atomic E-state index is 0.719. The van der Waals surface area contributed by atoms with Gasteiger partial charge >= 0.3 is 0 Å². The molecule has 0 radical (unpaired) electrons. The highest BCUT2D eigenvalue weighted by atomic mass is 16.5. The first kappa shape index (κ1) is 13.1. The second kappa shape index (κ2) is 6.04. The van der Waals surface area contributed by atoms with E-state index in [0.717, 1.165) is 31.7 Å². The molecule has 1 aromatic rings. The summed E-state index contributed by atoms with van der Waals surface area (Å²) < 4.78 is 5.31. The van der Waals surface area contributed by atoms with Crippen molar-refractivity contribution in [2.24, 2.45) is 5.92 Å². The second-order valence-corrected chi connectivity index (χ2v) is 5.80. The molecule has 1 aromatic carbocycles. The molecule has 0 amide bonds. The highest BCUT2D eigenvalue weighted by molar-refractivity contribution is 5.26. The number of likely N-dealkylation sites (tertiary alicyclic amines) is 1. The molecule has 2 aliphatic rings. The summed E-state index contributed by atoms with van der Waals surface area (Å²) in [4.78, 5) is 2.67. The van der Waals surface area contributed by atoms with Crippen molar-refractivity contribution < 1.29 is 4.74 Å². The molecule has 1 N–H and O–H groups in total. The van der Waals surface area contributed by atoms with Gasteiger partial charge < -0.3 is 10.1 Å². The smallest absolute Gasteiger partial charge is 0.0716 e. The molecule has 2 aliphatic heterocycles. The van der Waals surface area contributed by atoms with E-state index in [1.165, 1.54) is 37.1 Å². The maximum absolute atomic E-state index is 5.31. The third kappa shape index (κ3) is 2.83. The van der Waals surface area contributed by atoms with Crippen LogP contribution in [-0.2, 0) is 17.9 Å². The lowest BCUT2D eigenvalue weighted by atomic mass is 9.91. The summed E-state index contributed by atoms with van der Waals surface area (Å²) in [7, 11) is 1.77. The van der Waals surface area contributed by atoms with Crippen molar-refractivity contribution in [2.75, 3.05) is 26.7 Å². The van der Waals surface area contributed by atoms with E-state index in [1.54, 1.807) is 7.11 Å². The Bertz CT molecular complexity index is 421. The van der Waals surface area contributed by atoms with E-state index in [-0.39, 0.29) is 0 Å². The number of hydrogen-bond donors (Lipinski definition) is 1. The van der Waals surface area contributed by atoms with Crippen LogP contribution in [0, 0.1) is 5.92 Å². The Morgan fingerprint density at radius 3 is 2.95 bits per heavy atom. The first-order valence-electron chi connectivity index (χ1n) is 7.39. The number of nitrogens with zero attached hydrogens (tertiary/aromatic N) is 1. The molecule has 2 saturated heterocycles. The molecule has 19 heavy (non-hydrogen) atoms. The quantitative estimate of drug-likeness (QED) is 0.896. The summed E-state index contributed by atoms with van der Waals surface area (Å²) in [5.41, 5.74) is 2.76. The number of piperidine rings is 1. The van der Waals surface area contributed by atoms with E-state index in [2.05, 4.69) is 34.5 Å². The SMILES string of the molecule is COCc1ccccc1CN1CCCC2CNCC21. The highest BCUT2D eigenvalue weighted by Crippen LogP contribution is 2.28. The Morgan fingerprint density at radius 2 is 2.11 bits per heavy atom. The van der Waals surface area contributed by atoms with Crippen molar-refractivity contribution in [3.63, 3.8) is 0 Å². The molecule has 2 atom stereocenters. The van der Waals surface area contributed by atoms with Crippen LogP contribution < -0.4 is 5.32 Å². The maximum Gasteiger partial charge on any atom is 0.0716 e. The number of nitrogens with one attached hydrogen (secondary N) is 1. The van der Waals surface area contributed by atoms with Gasteiger partial charge in [-0.15, -0.1) is 0 Å². The van der Waals surface area contributed by atoms with Gasteiger partial charge in [0.1, 0.15) is 0 Å². The number of fused-ring (bicyclic) bond motifs is 1. The molecular weight excluding hydrogens is 236 g/mol. The van der Waals surface area contributed by atoms with Crippen LogP contribution in [0.4, 0.5) is 0 Å². The van der Waals surface area contributed by atoms with Gasteiger partial charge in [0.05, 0.1) is 6.61 Å². The lowest BCUT2D eigenvalue weighted by Gasteiger charge is -2.37. The van der Waals surface area contributed by atoms with E-state index >= 15 is 0 Å². The molecule has 0 aliphatic carbocycles. The predicted molar refractivity (Wildman–Crippen MR) is 76.9 cm³/mol. The van der Waals surface area contributed by atoms with Crippen molar-refractivity contribution in [3.05, 3.63) is 35.4 Å². The molecule has 2 fully saturated rings.